The van der Waals surface area contributed by atoms with Crippen molar-refractivity contribution in [2.75, 3.05) is 6.61 Å². The van der Waals surface area contributed by atoms with Crippen molar-refractivity contribution in [1.29, 1.82) is 0 Å². The molecule has 0 saturated heterocycles. The molecule has 162 valence electrons. The van der Waals surface area contributed by atoms with Gasteiger partial charge in [-0.2, -0.15) is 18.4 Å². The Morgan fingerprint density at radius 2 is 1.48 bits per heavy atom. The second-order valence-electron chi connectivity index (χ2n) is 7.60. The molecule has 0 amide bonds. The second-order valence-corrected chi connectivity index (χ2v) is 9.27. The number of hydrogen-bond acceptors (Lipinski definition) is 4. The molecule has 1 N–H and O–H groups in total. The molecule has 0 radical (unpaired) electrons. The molecule has 0 spiro atoms. The number of aryl methyl sites for hydroxylation is 1. The maximum absolute atomic E-state index is 13.4. The van der Waals surface area contributed by atoms with Gasteiger partial charge in [-0.25, -0.2) is 4.39 Å². The summed E-state index contributed by atoms with van der Waals surface area (Å²) in [4.78, 5) is 2.41. The molecule has 31 heavy (non-hydrogen) atoms. The Morgan fingerprint density at radius 1 is 0.935 bits per heavy atom. The number of sulfonamides is 1. The van der Waals surface area contributed by atoms with Crippen LogP contribution >= 0.6 is 0 Å². The summed E-state index contributed by atoms with van der Waals surface area (Å²) in [6.45, 7) is 6.60. The average molecular weight is 441 g/mol. The molecule has 0 aliphatic heterocycles. The lowest BCUT2D eigenvalue weighted by Crippen LogP contribution is -2.21. The van der Waals surface area contributed by atoms with Crippen LogP contribution in [0.25, 0.3) is 0 Å². The van der Waals surface area contributed by atoms with Gasteiger partial charge in [-0.1, -0.05) is 31.5 Å². The second kappa shape index (κ2) is 9.75. The highest BCUT2D eigenvalue weighted by atomic mass is 32.2. The molecular formula is C24H25FN2O3S. The van der Waals surface area contributed by atoms with Crippen molar-refractivity contribution >= 4 is 15.7 Å². The summed E-state index contributed by atoms with van der Waals surface area (Å²) >= 11 is 0. The first-order chi connectivity index (χ1) is 14.7. The molecule has 0 saturated carbocycles. The molecule has 0 aromatic heterocycles. The first-order valence-electron chi connectivity index (χ1n) is 9.90. The van der Waals surface area contributed by atoms with E-state index >= 15 is 0 Å². The van der Waals surface area contributed by atoms with Gasteiger partial charge in [0.05, 0.1) is 17.2 Å². The van der Waals surface area contributed by atoms with Crippen molar-refractivity contribution in [3.63, 3.8) is 0 Å². The van der Waals surface area contributed by atoms with Crippen LogP contribution < -0.4 is 9.57 Å². The van der Waals surface area contributed by atoms with Gasteiger partial charge in [-0.3, -0.25) is 0 Å². The fraction of sp³-hybridized carbons (Fsp3) is 0.208. The van der Waals surface area contributed by atoms with Gasteiger partial charge < -0.3 is 4.74 Å². The van der Waals surface area contributed by atoms with Crippen LogP contribution in [0.5, 0.6) is 5.75 Å². The minimum atomic E-state index is -3.86. The highest BCUT2D eigenvalue weighted by Gasteiger charge is 2.15. The first kappa shape index (κ1) is 22.5. The third-order valence-corrected chi connectivity index (χ3v) is 5.66. The minimum Gasteiger partial charge on any atom is -0.493 e. The van der Waals surface area contributed by atoms with Gasteiger partial charge in [-0.15, -0.1) is 0 Å². The summed E-state index contributed by atoms with van der Waals surface area (Å²) in [6.07, 6.45) is 0. The molecule has 5 nitrogen and oxygen atoms in total. The third-order valence-electron chi connectivity index (χ3n) is 4.44. The molecule has 3 aromatic rings. The zero-order valence-electron chi connectivity index (χ0n) is 17.7. The fourth-order valence-electron chi connectivity index (χ4n) is 2.75. The number of hydrazone groups is 1. The summed E-state index contributed by atoms with van der Waals surface area (Å²) in [5, 5.41) is 4.18. The number of nitrogens with one attached hydrogen (secondary N) is 1. The van der Waals surface area contributed by atoms with Gasteiger partial charge in [0.2, 0.25) is 0 Å². The van der Waals surface area contributed by atoms with Gasteiger partial charge in [0, 0.05) is 11.1 Å². The molecule has 0 heterocycles. The standard InChI is InChI=1S/C24H25FN2O3S/c1-17(2)16-30-22-12-8-20(9-13-22)24(19-6-10-21(25)11-7-19)26-27-31(28,29)23-14-4-18(3)5-15-23/h4-15,17,27H,16H2,1-3H3/b26-24-. The topological polar surface area (TPSA) is 67.8 Å². The first-order valence-corrected chi connectivity index (χ1v) is 11.4. The van der Waals surface area contributed by atoms with Crippen LogP contribution in [0.4, 0.5) is 4.39 Å². The fourth-order valence-corrected chi connectivity index (χ4v) is 3.56. The number of rotatable bonds is 8. The Kier molecular flexibility index (Phi) is 7.07. The van der Waals surface area contributed by atoms with Crippen molar-refractivity contribution < 1.29 is 17.5 Å². The van der Waals surface area contributed by atoms with Gasteiger partial charge in [0.25, 0.3) is 10.0 Å². The van der Waals surface area contributed by atoms with Crippen molar-refractivity contribution in [3.8, 4) is 5.75 Å². The molecule has 0 fully saturated rings. The number of benzene rings is 3. The maximum atomic E-state index is 13.4. The largest absolute Gasteiger partial charge is 0.493 e. The van der Waals surface area contributed by atoms with E-state index < -0.39 is 10.0 Å². The number of ether oxygens (including phenoxy) is 1. The Bertz CT molecular complexity index is 1140. The highest BCUT2D eigenvalue weighted by molar-refractivity contribution is 7.89. The van der Waals surface area contributed by atoms with Crippen molar-refractivity contribution in [1.82, 2.24) is 4.83 Å². The van der Waals surface area contributed by atoms with Crippen LogP contribution in [0.15, 0.2) is 82.8 Å². The quantitative estimate of drug-likeness (QED) is 0.400. The normalized spacial score (nSPS) is 12.1. The van der Waals surface area contributed by atoms with Crippen LogP contribution in [0.1, 0.15) is 30.5 Å². The molecule has 3 aromatic carbocycles. The van der Waals surface area contributed by atoms with E-state index in [0.29, 0.717) is 35.1 Å². The van der Waals surface area contributed by atoms with Crippen molar-refractivity contribution in [3.05, 3.63) is 95.3 Å². The molecular weight excluding hydrogens is 415 g/mol. The summed E-state index contributed by atoms with van der Waals surface area (Å²) in [7, 11) is -3.86. The predicted molar refractivity (Wildman–Crippen MR) is 120 cm³/mol. The molecule has 0 bridgehead atoms. The van der Waals surface area contributed by atoms with E-state index in [1.807, 2.05) is 6.92 Å². The molecule has 3 rings (SSSR count). The zero-order chi connectivity index (χ0) is 22.4. The van der Waals surface area contributed by atoms with Crippen LogP contribution in [-0.4, -0.2) is 20.7 Å². The minimum absolute atomic E-state index is 0.109. The number of halogens is 1. The lowest BCUT2D eigenvalue weighted by Gasteiger charge is -2.12. The predicted octanol–water partition coefficient (Wildman–Crippen LogP) is 4.90. The molecule has 7 heteroatoms. The van der Waals surface area contributed by atoms with E-state index in [1.165, 1.54) is 24.3 Å². The highest BCUT2D eigenvalue weighted by Crippen LogP contribution is 2.18. The van der Waals surface area contributed by atoms with Crippen LogP contribution in [-0.2, 0) is 10.0 Å². The van der Waals surface area contributed by atoms with E-state index in [2.05, 4.69) is 23.8 Å². The Hall–Kier alpha value is -3.19. The summed E-state index contributed by atoms with van der Waals surface area (Å²) in [6, 6.07) is 19.4. The van der Waals surface area contributed by atoms with Crippen LogP contribution in [0.2, 0.25) is 0 Å². The lowest BCUT2D eigenvalue weighted by molar-refractivity contribution is 0.271. The van der Waals surface area contributed by atoms with Crippen LogP contribution in [0.3, 0.4) is 0 Å². The average Bonchev–Trinajstić information content (AvgIpc) is 2.74. The monoisotopic (exact) mass is 440 g/mol. The summed E-state index contributed by atoms with van der Waals surface area (Å²) < 4.78 is 44.5. The Balaban J connectivity index is 1.93. The Labute approximate surface area is 182 Å². The SMILES string of the molecule is Cc1ccc(S(=O)(=O)N/N=C(/c2ccc(F)cc2)c2ccc(OCC(C)C)cc2)cc1. The molecule has 0 aliphatic rings. The molecule has 0 atom stereocenters. The summed E-state index contributed by atoms with van der Waals surface area (Å²) in [5.74, 6) is 0.712. The van der Waals surface area contributed by atoms with E-state index in [1.54, 1.807) is 48.5 Å². The maximum Gasteiger partial charge on any atom is 0.276 e. The van der Waals surface area contributed by atoms with E-state index in [9.17, 15) is 12.8 Å². The van der Waals surface area contributed by atoms with E-state index in [-0.39, 0.29) is 10.7 Å². The van der Waals surface area contributed by atoms with Crippen molar-refractivity contribution in [2.45, 2.75) is 25.7 Å². The van der Waals surface area contributed by atoms with Crippen LogP contribution in [0, 0.1) is 18.7 Å². The molecule has 0 aliphatic carbocycles. The smallest absolute Gasteiger partial charge is 0.276 e. The van der Waals surface area contributed by atoms with Gasteiger partial charge >= 0.3 is 0 Å². The summed E-state index contributed by atoms with van der Waals surface area (Å²) in [5.41, 5.74) is 2.55. The lowest BCUT2D eigenvalue weighted by atomic mass is 10.0. The van der Waals surface area contributed by atoms with Gasteiger partial charge in [0.1, 0.15) is 11.6 Å². The number of nitrogens with zero attached hydrogens (tertiary/aromatic N) is 1. The molecule has 0 unspecified atom stereocenters. The Morgan fingerprint density at radius 3 is 2.03 bits per heavy atom. The van der Waals surface area contributed by atoms with Crippen molar-refractivity contribution in [2.24, 2.45) is 11.0 Å². The van der Waals surface area contributed by atoms with Gasteiger partial charge in [-0.05, 0) is 73.5 Å². The van der Waals surface area contributed by atoms with E-state index in [4.69, 9.17) is 4.74 Å². The third kappa shape index (κ3) is 6.15. The number of hydrogen-bond donors (Lipinski definition) is 1. The van der Waals surface area contributed by atoms with E-state index in [0.717, 1.165) is 5.56 Å². The zero-order valence-corrected chi connectivity index (χ0v) is 18.5. The van der Waals surface area contributed by atoms with Gasteiger partial charge in [0.15, 0.2) is 0 Å².